The molecular formula is C28H31ClFN5O4S2. The molecule has 3 aliphatic rings. The fourth-order valence-corrected chi connectivity index (χ4v) is 6.84. The first-order valence-electron chi connectivity index (χ1n) is 13.1. The largest absolute Gasteiger partial charge is 0.481 e. The van der Waals surface area contributed by atoms with Gasteiger partial charge in [0.1, 0.15) is 10.8 Å². The van der Waals surface area contributed by atoms with Crippen LogP contribution >= 0.6 is 35.2 Å². The molecule has 2 fully saturated rings. The second-order valence-electron chi connectivity index (χ2n) is 11.0. The van der Waals surface area contributed by atoms with E-state index in [2.05, 4.69) is 20.1 Å². The summed E-state index contributed by atoms with van der Waals surface area (Å²) in [4.78, 5) is 35.8. The van der Waals surface area contributed by atoms with E-state index in [4.69, 9.17) is 28.6 Å². The zero-order valence-corrected chi connectivity index (χ0v) is 25.3. The molecule has 2 saturated heterocycles. The van der Waals surface area contributed by atoms with Gasteiger partial charge in [-0.1, -0.05) is 17.7 Å². The average molecular weight is 620 g/mol. The molecule has 5 rings (SSSR count). The number of halogens is 2. The topological polar surface area (TPSA) is 98.2 Å². The molecule has 0 bridgehead atoms. The number of aromatic nitrogens is 1. The van der Waals surface area contributed by atoms with E-state index in [1.54, 1.807) is 26.1 Å². The Hall–Kier alpha value is -3.06. The highest BCUT2D eigenvalue weighted by atomic mass is 35.5. The van der Waals surface area contributed by atoms with Crippen molar-refractivity contribution in [3.63, 3.8) is 0 Å². The van der Waals surface area contributed by atoms with Crippen LogP contribution in [0.4, 0.5) is 4.39 Å². The van der Waals surface area contributed by atoms with Crippen LogP contribution in [0.5, 0.6) is 0 Å². The number of fused-ring (bicyclic) bond motifs is 1. The molecule has 1 aromatic heterocycles. The first-order chi connectivity index (χ1) is 19.5. The fourth-order valence-electron chi connectivity index (χ4n) is 5.56. The molecule has 0 saturated carbocycles. The maximum absolute atomic E-state index is 13.9. The number of benzene rings is 1. The third-order valence-electron chi connectivity index (χ3n) is 7.68. The summed E-state index contributed by atoms with van der Waals surface area (Å²) >= 11 is 13.7. The van der Waals surface area contributed by atoms with Crippen molar-refractivity contribution in [2.75, 3.05) is 46.4 Å². The lowest BCUT2D eigenvalue weighted by molar-refractivity contribution is -0.147. The number of allylic oxidation sites excluding steroid dienone is 1. The van der Waals surface area contributed by atoms with Crippen LogP contribution in [0.25, 0.3) is 5.70 Å². The Morgan fingerprint density at radius 1 is 1.32 bits per heavy atom. The zero-order valence-electron chi connectivity index (χ0n) is 22.9. The summed E-state index contributed by atoms with van der Waals surface area (Å²) in [5, 5.41) is 16.5. The molecular weight excluding hydrogens is 589 g/mol. The summed E-state index contributed by atoms with van der Waals surface area (Å²) in [6.45, 7) is 6.81. The first kappa shape index (κ1) is 29.4. The number of carboxylic acid groups (broad SMARTS) is 1. The van der Waals surface area contributed by atoms with E-state index in [1.807, 2.05) is 16.4 Å². The smallest absolute Gasteiger partial charge is 0.336 e. The van der Waals surface area contributed by atoms with Gasteiger partial charge in [-0.05, 0) is 49.8 Å². The van der Waals surface area contributed by atoms with Crippen LogP contribution in [0.15, 0.2) is 47.1 Å². The fraction of sp³-hybridized carbons (Fsp3) is 0.429. The van der Waals surface area contributed by atoms with Crippen molar-refractivity contribution < 1.29 is 23.8 Å². The van der Waals surface area contributed by atoms with Gasteiger partial charge in [0.15, 0.2) is 5.11 Å². The van der Waals surface area contributed by atoms with Crippen molar-refractivity contribution in [3.05, 3.63) is 68.5 Å². The number of carboxylic acids is 1. The minimum absolute atomic E-state index is 0.0860. The summed E-state index contributed by atoms with van der Waals surface area (Å²) in [7, 11) is 1.34. The summed E-state index contributed by atoms with van der Waals surface area (Å²) in [6, 6.07) is 4.25. The lowest BCUT2D eigenvalue weighted by Gasteiger charge is -2.39. The van der Waals surface area contributed by atoms with Crippen LogP contribution in [0.2, 0.25) is 5.02 Å². The minimum atomic E-state index is -0.931. The molecule has 1 aromatic carbocycles. The minimum Gasteiger partial charge on any atom is -0.481 e. The molecule has 218 valence electrons. The van der Waals surface area contributed by atoms with Crippen molar-refractivity contribution in [1.82, 2.24) is 25.0 Å². The van der Waals surface area contributed by atoms with E-state index >= 15 is 0 Å². The van der Waals surface area contributed by atoms with Crippen LogP contribution in [0, 0.1) is 11.2 Å². The number of methoxy groups -OCH3 is 1. The number of carbonyl (C=O) groups excluding carboxylic acids is 1. The average Bonchev–Trinajstić information content (AvgIpc) is 3.56. The van der Waals surface area contributed by atoms with Gasteiger partial charge < -0.3 is 25.0 Å². The van der Waals surface area contributed by atoms with Gasteiger partial charge in [-0.3, -0.25) is 9.69 Å². The van der Waals surface area contributed by atoms with Gasteiger partial charge in [-0.15, -0.1) is 11.3 Å². The van der Waals surface area contributed by atoms with E-state index in [0.29, 0.717) is 61.2 Å². The number of dihydropyridines is 1. The molecule has 0 unspecified atom stereocenters. The molecule has 2 atom stereocenters. The molecule has 13 heteroatoms. The van der Waals surface area contributed by atoms with Gasteiger partial charge in [0, 0.05) is 67.5 Å². The molecule has 0 amide bonds. The summed E-state index contributed by atoms with van der Waals surface area (Å²) in [5.74, 6) is -2.42. The Bertz CT molecular complexity index is 1430. The molecule has 41 heavy (non-hydrogen) atoms. The number of hydrogen-bond donors (Lipinski definition) is 2. The lowest BCUT2D eigenvalue weighted by atomic mass is 9.86. The Morgan fingerprint density at radius 3 is 2.76 bits per heavy atom. The van der Waals surface area contributed by atoms with Crippen molar-refractivity contribution in [2.24, 2.45) is 5.41 Å². The molecule has 0 aliphatic carbocycles. The molecule has 3 aliphatic heterocycles. The third-order valence-corrected chi connectivity index (χ3v) is 9.31. The molecule has 2 aromatic rings. The van der Waals surface area contributed by atoms with Gasteiger partial charge in [-0.2, -0.15) is 0 Å². The lowest BCUT2D eigenvalue weighted by Crippen LogP contribution is -2.53. The van der Waals surface area contributed by atoms with E-state index in [0.717, 1.165) is 10.7 Å². The van der Waals surface area contributed by atoms with Crippen molar-refractivity contribution >= 4 is 57.9 Å². The second-order valence-corrected chi connectivity index (χ2v) is 12.7. The second kappa shape index (κ2) is 11.7. The van der Waals surface area contributed by atoms with E-state index in [1.165, 1.54) is 30.6 Å². The van der Waals surface area contributed by atoms with Crippen LogP contribution in [-0.4, -0.2) is 94.3 Å². The molecule has 0 spiro atoms. The zero-order chi connectivity index (χ0) is 29.5. The quantitative estimate of drug-likeness (QED) is 0.336. The van der Waals surface area contributed by atoms with Crippen molar-refractivity contribution in [2.45, 2.75) is 25.8 Å². The predicted octanol–water partition coefficient (Wildman–Crippen LogP) is 3.79. The van der Waals surface area contributed by atoms with Gasteiger partial charge >= 0.3 is 11.9 Å². The number of thiazole rings is 1. The number of rotatable bonds is 8. The van der Waals surface area contributed by atoms with Crippen LogP contribution in [-0.2, 0) is 14.3 Å². The molecule has 2 N–H and O–H groups in total. The van der Waals surface area contributed by atoms with Gasteiger partial charge in [0.2, 0.25) is 0 Å². The summed E-state index contributed by atoms with van der Waals surface area (Å²) in [6.07, 6.45) is 3.59. The highest BCUT2D eigenvalue weighted by Crippen LogP contribution is 2.39. The maximum Gasteiger partial charge on any atom is 0.336 e. The Labute approximate surface area is 252 Å². The number of nitrogens with zero attached hydrogens (tertiary/aromatic N) is 4. The van der Waals surface area contributed by atoms with E-state index < -0.39 is 29.1 Å². The third kappa shape index (κ3) is 5.97. The number of aliphatic carboxylic acids is 1. The molecule has 4 heterocycles. The number of thiocarbonyl (C=S) groups is 1. The monoisotopic (exact) mass is 619 g/mol. The van der Waals surface area contributed by atoms with Gasteiger partial charge in [-0.25, -0.2) is 14.2 Å². The number of carbonyl (C=O) groups is 2. The van der Waals surface area contributed by atoms with Gasteiger partial charge in [0.25, 0.3) is 0 Å². The maximum atomic E-state index is 13.9. The summed E-state index contributed by atoms with van der Waals surface area (Å²) < 4.78 is 19.2. The SMILES string of the molecule is COC(=O)C1=C(CN2CCN3C(=S)N(CC(C)(C)C(=O)O)C[C@@H]3C2)NC(c2nccs2)=C[C@H]1c1ccc(F)cc1Cl. The van der Waals surface area contributed by atoms with Crippen LogP contribution in [0.1, 0.15) is 30.3 Å². The molecule has 0 radical (unpaired) electrons. The van der Waals surface area contributed by atoms with E-state index in [-0.39, 0.29) is 11.1 Å². The van der Waals surface area contributed by atoms with Crippen molar-refractivity contribution in [1.29, 1.82) is 0 Å². The summed E-state index contributed by atoms with van der Waals surface area (Å²) in [5.41, 5.74) is 1.45. The normalized spacial score (nSPS) is 21.5. The number of ether oxygens (including phenoxy) is 1. The number of esters is 1. The molecule has 9 nitrogen and oxygen atoms in total. The number of nitrogens with one attached hydrogen (secondary N) is 1. The predicted molar refractivity (Wildman–Crippen MR) is 159 cm³/mol. The Balaban J connectivity index is 1.44. The Morgan fingerprint density at radius 2 is 2.10 bits per heavy atom. The first-order valence-corrected chi connectivity index (χ1v) is 14.8. The van der Waals surface area contributed by atoms with Gasteiger partial charge in [0.05, 0.1) is 29.8 Å². The van der Waals surface area contributed by atoms with Crippen molar-refractivity contribution in [3.8, 4) is 0 Å². The number of hydrogen-bond acceptors (Lipinski definition) is 8. The highest BCUT2D eigenvalue weighted by Gasteiger charge is 2.42. The van der Waals surface area contributed by atoms with Crippen LogP contribution < -0.4 is 5.32 Å². The standard InChI is InChI=1S/C28H31ClFN5O4S2/c1-28(2,26(37)38)15-34-13-17-12-33(7-8-35(17)27(34)40)14-22-23(25(36)39-3)19(18-5-4-16(30)10-20(18)29)11-21(32-22)24-31-6-9-41-24/h4-6,9-11,17,19,32H,7-8,12-15H2,1-3H3,(H,37,38)/t17-,19-/m0/s1. The van der Waals surface area contributed by atoms with Crippen LogP contribution in [0.3, 0.4) is 0 Å². The van der Waals surface area contributed by atoms with E-state index in [9.17, 15) is 19.1 Å². The number of piperazine rings is 1. The highest BCUT2D eigenvalue weighted by molar-refractivity contribution is 7.80. The Kier molecular flexibility index (Phi) is 8.38.